The monoisotopic (exact) mass is 235 g/mol. The lowest BCUT2D eigenvalue weighted by atomic mass is 10.1. The van der Waals surface area contributed by atoms with Gasteiger partial charge in [-0.2, -0.15) is 5.10 Å². The molecule has 1 heterocycles. The highest BCUT2D eigenvalue weighted by atomic mass is 16.4. The summed E-state index contributed by atoms with van der Waals surface area (Å²) in [5, 5.41) is 17.3. The minimum atomic E-state index is -1.14. The van der Waals surface area contributed by atoms with Crippen molar-refractivity contribution in [2.24, 2.45) is 5.92 Å². The first-order chi connectivity index (χ1) is 8.16. The van der Waals surface area contributed by atoms with E-state index in [0.717, 1.165) is 12.8 Å². The van der Waals surface area contributed by atoms with Gasteiger partial charge in [-0.1, -0.05) is 12.2 Å². The second-order valence-corrected chi connectivity index (χ2v) is 3.98. The Hall–Kier alpha value is -2.11. The van der Waals surface area contributed by atoms with Crippen molar-refractivity contribution in [3.8, 4) is 0 Å². The van der Waals surface area contributed by atoms with Crippen molar-refractivity contribution in [2.45, 2.75) is 19.3 Å². The number of allylic oxidation sites excluding steroid dienone is 2. The maximum atomic E-state index is 11.7. The van der Waals surface area contributed by atoms with E-state index in [4.69, 9.17) is 5.11 Å². The maximum absolute atomic E-state index is 11.7. The van der Waals surface area contributed by atoms with Crippen LogP contribution >= 0.6 is 0 Å². The van der Waals surface area contributed by atoms with Gasteiger partial charge in [0.1, 0.15) is 0 Å². The Morgan fingerprint density at radius 3 is 3.06 bits per heavy atom. The number of aromatic carboxylic acids is 1. The molecule has 1 aliphatic carbocycles. The average molecular weight is 235 g/mol. The first-order valence-corrected chi connectivity index (χ1v) is 5.40. The third-order valence-corrected chi connectivity index (χ3v) is 2.69. The van der Waals surface area contributed by atoms with Crippen molar-refractivity contribution in [3.63, 3.8) is 0 Å². The summed E-state index contributed by atoms with van der Waals surface area (Å²) >= 11 is 0. The van der Waals surface area contributed by atoms with Crippen LogP contribution in [0.2, 0.25) is 0 Å². The highest BCUT2D eigenvalue weighted by Gasteiger charge is 2.17. The highest BCUT2D eigenvalue weighted by Crippen LogP contribution is 2.21. The van der Waals surface area contributed by atoms with Gasteiger partial charge in [0.05, 0.1) is 11.9 Å². The maximum Gasteiger partial charge on any atom is 0.356 e. The standard InChI is InChI=1S/C11H13N3O3/c15-9(5-7-3-1-2-4-7)13-8-6-12-14-10(8)11(16)17/h1,3,6-7H,2,4-5H2,(H,12,14)(H,13,15)(H,16,17). The van der Waals surface area contributed by atoms with Crippen LogP contribution in [-0.2, 0) is 4.79 Å². The smallest absolute Gasteiger partial charge is 0.356 e. The van der Waals surface area contributed by atoms with Crippen molar-refractivity contribution in [1.29, 1.82) is 0 Å². The Labute approximate surface area is 97.7 Å². The third kappa shape index (κ3) is 2.72. The number of aromatic amines is 1. The second kappa shape index (κ2) is 4.82. The zero-order valence-corrected chi connectivity index (χ0v) is 9.14. The first-order valence-electron chi connectivity index (χ1n) is 5.40. The number of carbonyl (C=O) groups excluding carboxylic acids is 1. The largest absolute Gasteiger partial charge is 0.476 e. The van der Waals surface area contributed by atoms with E-state index in [1.807, 2.05) is 6.08 Å². The molecule has 1 amide bonds. The molecule has 0 spiro atoms. The molecule has 1 aromatic heterocycles. The topological polar surface area (TPSA) is 95.1 Å². The summed E-state index contributed by atoms with van der Waals surface area (Å²) in [6, 6.07) is 0. The fourth-order valence-corrected chi connectivity index (χ4v) is 1.85. The molecule has 0 bridgehead atoms. The van der Waals surface area contributed by atoms with E-state index < -0.39 is 5.97 Å². The molecule has 3 N–H and O–H groups in total. The normalized spacial score (nSPS) is 18.2. The van der Waals surface area contributed by atoms with E-state index in [0.29, 0.717) is 6.42 Å². The number of anilines is 1. The molecule has 0 saturated carbocycles. The fourth-order valence-electron chi connectivity index (χ4n) is 1.85. The number of carboxylic acid groups (broad SMARTS) is 1. The Bertz CT molecular complexity index is 464. The highest BCUT2D eigenvalue weighted by molar-refractivity contribution is 5.99. The molecule has 1 unspecified atom stereocenters. The van der Waals surface area contributed by atoms with Gasteiger partial charge >= 0.3 is 5.97 Å². The zero-order chi connectivity index (χ0) is 12.3. The summed E-state index contributed by atoms with van der Waals surface area (Å²) in [5.74, 6) is -1.07. The Kier molecular flexibility index (Phi) is 3.22. The van der Waals surface area contributed by atoms with Crippen molar-refractivity contribution in [2.75, 3.05) is 5.32 Å². The summed E-state index contributed by atoms with van der Waals surface area (Å²) in [4.78, 5) is 22.4. The first kappa shape index (κ1) is 11.4. The minimum Gasteiger partial charge on any atom is -0.476 e. The molecular formula is C11H13N3O3. The SMILES string of the molecule is O=C(CC1C=CCC1)Nc1cn[nH]c1C(=O)O. The Morgan fingerprint density at radius 1 is 1.59 bits per heavy atom. The molecule has 6 heteroatoms. The van der Waals surface area contributed by atoms with Gasteiger partial charge in [0.25, 0.3) is 0 Å². The molecule has 6 nitrogen and oxygen atoms in total. The summed E-state index contributed by atoms with van der Waals surface area (Å²) in [5.41, 5.74) is 0.116. The van der Waals surface area contributed by atoms with Crippen molar-refractivity contribution in [1.82, 2.24) is 10.2 Å². The number of H-pyrrole nitrogens is 1. The number of amides is 1. The number of carbonyl (C=O) groups is 2. The van der Waals surface area contributed by atoms with E-state index in [9.17, 15) is 9.59 Å². The lowest BCUT2D eigenvalue weighted by Crippen LogP contribution is -2.16. The second-order valence-electron chi connectivity index (χ2n) is 3.98. The minimum absolute atomic E-state index is 0.0969. The molecule has 0 aliphatic heterocycles. The summed E-state index contributed by atoms with van der Waals surface area (Å²) < 4.78 is 0. The van der Waals surface area contributed by atoms with Gasteiger partial charge in [-0.25, -0.2) is 4.79 Å². The molecule has 0 fully saturated rings. The Morgan fingerprint density at radius 2 is 2.41 bits per heavy atom. The van der Waals surface area contributed by atoms with Crippen LogP contribution in [0, 0.1) is 5.92 Å². The van der Waals surface area contributed by atoms with Gasteiger partial charge in [-0.15, -0.1) is 0 Å². The van der Waals surface area contributed by atoms with E-state index in [1.165, 1.54) is 6.20 Å². The van der Waals surface area contributed by atoms with Crippen LogP contribution in [0.15, 0.2) is 18.3 Å². The predicted octanol–water partition coefficient (Wildman–Crippen LogP) is 1.40. The molecular weight excluding hydrogens is 222 g/mol. The van der Waals surface area contributed by atoms with Crippen LogP contribution in [0.5, 0.6) is 0 Å². The van der Waals surface area contributed by atoms with Gasteiger partial charge in [0, 0.05) is 6.42 Å². The lowest BCUT2D eigenvalue weighted by molar-refractivity contribution is -0.116. The van der Waals surface area contributed by atoms with E-state index in [2.05, 4.69) is 21.6 Å². The zero-order valence-electron chi connectivity index (χ0n) is 9.14. The van der Waals surface area contributed by atoms with Crippen molar-refractivity contribution >= 4 is 17.6 Å². The molecule has 17 heavy (non-hydrogen) atoms. The van der Waals surface area contributed by atoms with Crippen LogP contribution in [0.4, 0.5) is 5.69 Å². The predicted molar refractivity (Wildman–Crippen MR) is 60.7 cm³/mol. The number of carboxylic acids is 1. The molecule has 1 atom stereocenters. The molecule has 2 rings (SSSR count). The van der Waals surface area contributed by atoms with Gasteiger partial charge in [-0.3, -0.25) is 9.89 Å². The molecule has 90 valence electrons. The number of rotatable bonds is 4. The van der Waals surface area contributed by atoms with E-state index in [-0.39, 0.29) is 23.2 Å². The summed E-state index contributed by atoms with van der Waals surface area (Å²) in [6.07, 6.45) is 7.73. The molecule has 1 aromatic rings. The van der Waals surface area contributed by atoms with Crippen LogP contribution in [0.25, 0.3) is 0 Å². The van der Waals surface area contributed by atoms with Gasteiger partial charge in [0.15, 0.2) is 5.69 Å². The number of hydrogen-bond donors (Lipinski definition) is 3. The van der Waals surface area contributed by atoms with Gasteiger partial charge in [0.2, 0.25) is 5.91 Å². The van der Waals surface area contributed by atoms with Gasteiger partial charge < -0.3 is 10.4 Å². The van der Waals surface area contributed by atoms with Crippen molar-refractivity contribution < 1.29 is 14.7 Å². The molecule has 0 saturated heterocycles. The summed E-state index contributed by atoms with van der Waals surface area (Å²) in [7, 11) is 0. The molecule has 0 aromatic carbocycles. The number of nitrogens with zero attached hydrogens (tertiary/aromatic N) is 1. The fraction of sp³-hybridized carbons (Fsp3) is 0.364. The van der Waals surface area contributed by atoms with Crippen LogP contribution in [0.3, 0.4) is 0 Å². The molecule has 1 aliphatic rings. The number of nitrogens with one attached hydrogen (secondary N) is 2. The number of hydrogen-bond acceptors (Lipinski definition) is 3. The lowest BCUT2D eigenvalue weighted by Gasteiger charge is -2.07. The van der Waals surface area contributed by atoms with Crippen LogP contribution < -0.4 is 5.32 Å². The quantitative estimate of drug-likeness (QED) is 0.687. The van der Waals surface area contributed by atoms with E-state index >= 15 is 0 Å². The third-order valence-electron chi connectivity index (χ3n) is 2.69. The molecule has 0 radical (unpaired) electrons. The van der Waals surface area contributed by atoms with Crippen LogP contribution in [0.1, 0.15) is 29.8 Å². The van der Waals surface area contributed by atoms with Crippen LogP contribution in [-0.4, -0.2) is 27.2 Å². The Balaban J connectivity index is 1.95. The van der Waals surface area contributed by atoms with E-state index in [1.54, 1.807) is 0 Å². The summed E-state index contributed by atoms with van der Waals surface area (Å²) in [6.45, 7) is 0. The van der Waals surface area contributed by atoms with Gasteiger partial charge in [-0.05, 0) is 18.8 Å². The van der Waals surface area contributed by atoms with Crippen molar-refractivity contribution in [3.05, 3.63) is 24.0 Å². The number of aromatic nitrogens is 2. The average Bonchev–Trinajstić information content (AvgIpc) is 2.88.